The highest BCUT2D eigenvalue weighted by Gasteiger charge is 2.17. The average molecular weight is 341 g/mol. The Morgan fingerprint density at radius 1 is 1.21 bits per heavy atom. The first-order chi connectivity index (χ1) is 9.08. The Kier molecular flexibility index (Phi) is 4.58. The summed E-state index contributed by atoms with van der Waals surface area (Å²) in [5.41, 5.74) is 1.08. The number of carbonyl (C=O) groups is 1. The number of hydrogen-bond acceptors (Lipinski definition) is 2. The lowest BCUT2D eigenvalue weighted by molar-refractivity contribution is -0.124. The largest absolute Gasteiger partial charge is 0.378 e. The van der Waals surface area contributed by atoms with E-state index in [1.54, 1.807) is 42.5 Å². The Balaban J connectivity index is 2.10. The molecule has 1 atom stereocenters. The molecule has 0 aliphatic rings. The molecule has 0 aromatic heterocycles. The highest BCUT2D eigenvalue weighted by molar-refractivity contribution is 9.10. The summed E-state index contributed by atoms with van der Waals surface area (Å²) in [6, 6.07) is 13.8. The number of rotatable bonds is 3. The minimum absolute atomic E-state index is 0.493. The number of anilines is 1. The Morgan fingerprint density at radius 2 is 1.89 bits per heavy atom. The Labute approximate surface area is 124 Å². The van der Waals surface area contributed by atoms with Crippen LogP contribution < -0.4 is 5.32 Å². The smallest absolute Gasteiger partial charge is 0.257 e. The van der Waals surface area contributed by atoms with Gasteiger partial charge >= 0.3 is 0 Å². The highest BCUT2D eigenvalue weighted by Crippen LogP contribution is 2.26. The molecule has 0 heterocycles. The van der Waals surface area contributed by atoms with Crippen LogP contribution in [0.4, 0.5) is 5.69 Å². The molecule has 19 heavy (non-hydrogen) atoms. The zero-order chi connectivity index (χ0) is 13.8. The van der Waals surface area contributed by atoms with Crippen LogP contribution in [0.15, 0.2) is 53.0 Å². The van der Waals surface area contributed by atoms with E-state index in [1.165, 1.54) is 0 Å². The average Bonchev–Trinajstić information content (AvgIpc) is 2.43. The lowest BCUT2D eigenvalue weighted by Gasteiger charge is -2.12. The first kappa shape index (κ1) is 14.1. The van der Waals surface area contributed by atoms with Crippen LogP contribution in [0.5, 0.6) is 0 Å². The van der Waals surface area contributed by atoms with E-state index < -0.39 is 12.0 Å². The van der Waals surface area contributed by atoms with Crippen molar-refractivity contribution in [3.05, 3.63) is 63.6 Å². The van der Waals surface area contributed by atoms with Crippen LogP contribution in [-0.4, -0.2) is 11.0 Å². The summed E-state index contributed by atoms with van der Waals surface area (Å²) in [5, 5.41) is 13.0. The summed E-state index contributed by atoms with van der Waals surface area (Å²) in [5.74, 6) is -0.496. The van der Waals surface area contributed by atoms with Crippen LogP contribution in [-0.2, 0) is 4.79 Å². The maximum Gasteiger partial charge on any atom is 0.257 e. The summed E-state index contributed by atoms with van der Waals surface area (Å²) >= 11 is 9.20. The van der Waals surface area contributed by atoms with Crippen molar-refractivity contribution in [2.75, 3.05) is 5.32 Å². The van der Waals surface area contributed by atoms with Gasteiger partial charge in [0.2, 0.25) is 0 Å². The molecule has 1 amide bonds. The molecule has 2 rings (SSSR count). The molecule has 2 N–H and O–H groups in total. The molecule has 2 aromatic rings. The van der Waals surface area contributed by atoms with Crippen LogP contribution >= 0.6 is 27.5 Å². The van der Waals surface area contributed by atoms with Crippen molar-refractivity contribution >= 4 is 39.1 Å². The van der Waals surface area contributed by atoms with Gasteiger partial charge in [-0.1, -0.05) is 41.9 Å². The molecule has 0 saturated heterocycles. The van der Waals surface area contributed by atoms with E-state index in [4.69, 9.17) is 11.6 Å². The number of aliphatic hydroxyl groups excluding tert-OH is 1. The quantitative estimate of drug-likeness (QED) is 0.893. The number of aliphatic hydroxyl groups is 1. The second kappa shape index (κ2) is 6.19. The van der Waals surface area contributed by atoms with Crippen molar-refractivity contribution in [2.45, 2.75) is 6.10 Å². The molecule has 0 bridgehead atoms. The third kappa shape index (κ3) is 3.56. The van der Waals surface area contributed by atoms with E-state index in [0.29, 0.717) is 16.3 Å². The number of benzene rings is 2. The molecule has 0 aliphatic heterocycles. The molecule has 1 unspecified atom stereocenters. The number of carbonyl (C=O) groups excluding carboxylic acids is 1. The fourth-order valence-electron chi connectivity index (χ4n) is 1.57. The van der Waals surface area contributed by atoms with Crippen molar-refractivity contribution in [1.82, 2.24) is 0 Å². The Hall–Kier alpha value is -1.36. The molecule has 0 radical (unpaired) electrons. The Bertz CT molecular complexity index is 589. The summed E-state index contributed by atoms with van der Waals surface area (Å²) < 4.78 is 0.746. The standard InChI is InChI=1S/C14H11BrClNO2/c15-11-7-6-10(8-12(11)16)17-14(19)13(18)9-4-2-1-3-5-9/h1-8,13,18H,(H,17,19). The van der Waals surface area contributed by atoms with Gasteiger partial charge in [-0.05, 0) is 39.7 Å². The number of hydrogen-bond donors (Lipinski definition) is 2. The van der Waals surface area contributed by atoms with E-state index in [9.17, 15) is 9.90 Å². The number of nitrogens with one attached hydrogen (secondary N) is 1. The molecule has 0 fully saturated rings. The summed E-state index contributed by atoms with van der Waals surface area (Å²) in [6.45, 7) is 0. The molecular weight excluding hydrogens is 330 g/mol. The zero-order valence-electron chi connectivity index (χ0n) is 9.81. The maximum absolute atomic E-state index is 11.9. The van der Waals surface area contributed by atoms with Gasteiger partial charge in [0, 0.05) is 10.2 Å². The monoisotopic (exact) mass is 339 g/mol. The van der Waals surface area contributed by atoms with E-state index in [0.717, 1.165) is 4.47 Å². The van der Waals surface area contributed by atoms with Gasteiger partial charge in [-0.3, -0.25) is 4.79 Å². The first-order valence-corrected chi connectivity index (χ1v) is 6.74. The molecule has 3 nitrogen and oxygen atoms in total. The van der Waals surface area contributed by atoms with Crippen LogP contribution in [0.2, 0.25) is 5.02 Å². The van der Waals surface area contributed by atoms with Gasteiger partial charge in [0.05, 0.1) is 5.02 Å². The summed E-state index contributed by atoms with van der Waals surface area (Å²) in [7, 11) is 0. The third-order valence-electron chi connectivity index (χ3n) is 2.55. The summed E-state index contributed by atoms with van der Waals surface area (Å²) in [6.07, 6.45) is -1.20. The first-order valence-electron chi connectivity index (χ1n) is 5.57. The molecule has 0 spiro atoms. The number of amides is 1. The second-order valence-corrected chi connectivity index (χ2v) is 5.19. The highest BCUT2D eigenvalue weighted by atomic mass is 79.9. The fourth-order valence-corrected chi connectivity index (χ4v) is 2.00. The Morgan fingerprint density at radius 3 is 2.53 bits per heavy atom. The predicted octanol–water partition coefficient (Wildman–Crippen LogP) is 3.77. The van der Waals surface area contributed by atoms with Gasteiger partial charge in [-0.15, -0.1) is 0 Å². The van der Waals surface area contributed by atoms with Gasteiger partial charge in [0.15, 0.2) is 6.10 Å². The van der Waals surface area contributed by atoms with Crippen LogP contribution in [0.25, 0.3) is 0 Å². The SMILES string of the molecule is O=C(Nc1ccc(Br)c(Cl)c1)C(O)c1ccccc1. The van der Waals surface area contributed by atoms with Gasteiger partial charge in [-0.2, -0.15) is 0 Å². The van der Waals surface area contributed by atoms with Gasteiger partial charge in [-0.25, -0.2) is 0 Å². The minimum atomic E-state index is -1.20. The van der Waals surface area contributed by atoms with E-state index in [2.05, 4.69) is 21.2 Å². The van der Waals surface area contributed by atoms with Crippen molar-refractivity contribution in [3.63, 3.8) is 0 Å². The fraction of sp³-hybridized carbons (Fsp3) is 0.0714. The van der Waals surface area contributed by atoms with Crippen molar-refractivity contribution in [1.29, 1.82) is 0 Å². The second-order valence-electron chi connectivity index (χ2n) is 3.93. The predicted molar refractivity (Wildman–Crippen MR) is 79.2 cm³/mol. The molecular formula is C14H11BrClNO2. The molecule has 0 aliphatic carbocycles. The van der Waals surface area contributed by atoms with Crippen molar-refractivity contribution in [2.24, 2.45) is 0 Å². The molecule has 0 saturated carbocycles. The lowest BCUT2D eigenvalue weighted by Crippen LogP contribution is -2.20. The van der Waals surface area contributed by atoms with E-state index in [-0.39, 0.29) is 0 Å². The number of halogens is 2. The minimum Gasteiger partial charge on any atom is -0.378 e. The van der Waals surface area contributed by atoms with Gasteiger partial charge in [0.25, 0.3) is 5.91 Å². The third-order valence-corrected chi connectivity index (χ3v) is 3.78. The van der Waals surface area contributed by atoms with Crippen LogP contribution in [0, 0.1) is 0 Å². The molecule has 98 valence electrons. The lowest BCUT2D eigenvalue weighted by atomic mass is 10.1. The van der Waals surface area contributed by atoms with Crippen molar-refractivity contribution in [3.8, 4) is 0 Å². The normalized spacial score (nSPS) is 11.9. The zero-order valence-corrected chi connectivity index (χ0v) is 12.1. The van der Waals surface area contributed by atoms with Crippen LogP contribution in [0.3, 0.4) is 0 Å². The molecule has 2 aromatic carbocycles. The van der Waals surface area contributed by atoms with Gasteiger partial charge in [0.1, 0.15) is 0 Å². The van der Waals surface area contributed by atoms with Crippen molar-refractivity contribution < 1.29 is 9.90 Å². The maximum atomic E-state index is 11.9. The van der Waals surface area contributed by atoms with E-state index in [1.807, 2.05) is 6.07 Å². The summed E-state index contributed by atoms with van der Waals surface area (Å²) in [4.78, 5) is 11.9. The van der Waals surface area contributed by atoms with E-state index >= 15 is 0 Å². The van der Waals surface area contributed by atoms with Gasteiger partial charge < -0.3 is 10.4 Å². The topological polar surface area (TPSA) is 49.3 Å². The molecule has 5 heteroatoms. The van der Waals surface area contributed by atoms with Crippen LogP contribution in [0.1, 0.15) is 11.7 Å².